The summed E-state index contributed by atoms with van der Waals surface area (Å²) in [5, 5.41) is 9.13. The van der Waals surface area contributed by atoms with Gasteiger partial charge in [0, 0.05) is 4.91 Å². The van der Waals surface area contributed by atoms with Crippen molar-refractivity contribution in [1.82, 2.24) is 0 Å². The van der Waals surface area contributed by atoms with Crippen molar-refractivity contribution in [1.29, 1.82) is 0 Å². The summed E-state index contributed by atoms with van der Waals surface area (Å²) < 4.78 is 0. The van der Waals surface area contributed by atoms with E-state index in [1.807, 2.05) is 26.0 Å². The Kier molecular flexibility index (Phi) is 6.97. The van der Waals surface area contributed by atoms with E-state index in [1.165, 1.54) is 16.0 Å². The molecule has 15 heavy (non-hydrogen) atoms. The SMILES string of the molecule is CC.CSC(=C(C)C)c1ccc(O)cc1. The molecule has 0 bridgehead atoms. The number of hydrogen-bond acceptors (Lipinski definition) is 2. The molecule has 0 unspecified atom stereocenters. The lowest BCUT2D eigenvalue weighted by Crippen LogP contribution is -1.81. The molecular weight excluding hydrogens is 204 g/mol. The Bertz CT molecular complexity index is 308. The van der Waals surface area contributed by atoms with E-state index in [4.69, 9.17) is 5.11 Å². The molecule has 0 radical (unpaired) electrons. The van der Waals surface area contributed by atoms with E-state index in [0.717, 1.165) is 0 Å². The minimum absolute atomic E-state index is 0.318. The van der Waals surface area contributed by atoms with Gasteiger partial charge < -0.3 is 5.11 Å². The highest BCUT2D eigenvalue weighted by Crippen LogP contribution is 2.29. The molecule has 0 saturated heterocycles. The average molecular weight is 224 g/mol. The summed E-state index contributed by atoms with van der Waals surface area (Å²) in [5.74, 6) is 0.318. The first-order chi connectivity index (χ1) is 7.15. The first kappa shape index (κ1) is 14.1. The third kappa shape index (κ3) is 4.43. The Hall–Kier alpha value is -0.890. The monoisotopic (exact) mass is 224 g/mol. The van der Waals surface area contributed by atoms with Crippen molar-refractivity contribution < 1.29 is 5.11 Å². The number of aromatic hydroxyl groups is 1. The largest absolute Gasteiger partial charge is 0.508 e. The van der Waals surface area contributed by atoms with E-state index < -0.39 is 0 Å². The summed E-state index contributed by atoms with van der Waals surface area (Å²) in [5.41, 5.74) is 2.48. The van der Waals surface area contributed by atoms with Crippen LogP contribution in [0.25, 0.3) is 4.91 Å². The molecule has 0 aliphatic rings. The molecule has 0 fully saturated rings. The fraction of sp³-hybridized carbons (Fsp3) is 0.385. The van der Waals surface area contributed by atoms with Gasteiger partial charge in [-0.05, 0) is 37.8 Å². The van der Waals surface area contributed by atoms with Gasteiger partial charge in [-0.3, -0.25) is 0 Å². The van der Waals surface area contributed by atoms with Crippen molar-refractivity contribution in [2.45, 2.75) is 27.7 Å². The normalized spacial score (nSPS) is 8.87. The Morgan fingerprint density at radius 1 is 1.07 bits per heavy atom. The number of benzene rings is 1. The summed E-state index contributed by atoms with van der Waals surface area (Å²) in [6, 6.07) is 7.31. The molecule has 84 valence electrons. The van der Waals surface area contributed by atoms with Crippen LogP contribution in [0.3, 0.4) is 0 Å². The van der Waals surface area contributed by atoms with Gasteiger partial charge in [0.2, 0.25) is 0 Å². The fourth-order valence-corrected chi connectivity index (χ4v) is 2.00. The number of hydrogen-bond donors (Lipinski definition) is 1. The standard InChI is InChI=1S/C11H14OS.C2H6/c1-8(2)11(13-3)9-4-6-10(12)7-5-9;1-2/h4-7,12H,1-3H3;1-2H3. The van der Waals surface area contributed by atoms with Crippen LogP contribution < -0.4 is 0 Å². The molecule has 2 heteroatoms. The third-order valence-electron chi connectivity index (χ3n) is 1.79. The molecule has 0 aromatic heterocycles. The van der Waals surface area contributed by atoms with Crippen molar-refractivity contribution in [3.8, 4) is 5.75 Å². The van der Waals surface area contributed by atoms with Crippen molar-refractivity contribution in [3.05, 3.63) is 35.4 Å². The molecule has 1 aromatic carbocycles. The highest BCUT2D eigenvalue weighted by atomic mass is 32.2. The predicted octanol–water partition coefficient (Wildman–Crippen LogP) is 4.53. The molecule has 0 saturated carbocycles. The van der Waals surface area contributed by atoms with Crippen LogP contribution in [-0.4, -0.2) is 11.4 Å². The lowest BCUT2D eigenvalue weighted by atomic mass is 10.1. The first-order valence-corrected chi connectivity index (χ1v) is 6.38. The van der Waals surface area contributed by atoms with Crippen molar-refractivity contribution in [2.24, 2.45) is 0 Å². The third-order valence-corrected chi connectivity index (χ3v) is 2.84. The van der Waals surface area contributed by atoms with Gasteiger partial charge in [-0.2, -0.15) is 0 Å². The summed E-state index contributed by atoms with van der Waals surface area (Å²) in [7, 11) is 0. The molecule has 0 amide bonds. The predicted molar refractivity (Wildman–Crippen MR) is 71.2 cm³/mol. The second kappa shape index (κ2) is 7.41. The topological polar surface area (TPSA) is 20.2 Å². The number of phenols is 1. The Morgan fingerprint density at radius 3 is 1.87 bits per heavy atom. The van der Waals surface area contributed by atoms with Crippen LogP contribution in [0.2, 0.25) is 0 Å². The van der Waals surface area contributed by atoms with Gasteiger partial charge >= 0.3 is 0 Å². The van der Waals surface area contributed by atoms with Gasteiger partial charge in [0.1, 0.15) is 5.75 Å². The van der Waals surface area contributed by atoms with Crippen LogP contribution in [0.4, 0.5) is 0 Å². The number of thioether (sulfide) groups is 1. The molecule has 1 aromatic rings. The van der Waals surface area contributed by atoms with Crippen molar-refractivity contribution in [2.75, 3.05) is 6.26 Å². The first-order valence-electron chi connectivity index (χ1n) is 5.16. The fourth-order valence-electron chi connectivity index (χ4n) is 1.22. The summed E-state index contributed by atoms with van der Waals surface area (Å²) in [4.78, 5) is 1.28. The second-order valence-corrected chi connectivity index (χ2v) is 3.90. The van der Waals surface area contributed by atoms with Crippen LogP contribution in [-0.2, 0) is 0 Å². The average Bonchev–Trinajstić information content (AvgIpc) is 2.24. The van der Waals surface area contributed by atoms with Crippen LogP contribution in [0.1, 0.15) is 33.3 Å². The minimum atomic E-state index is 0.318. The zero-order chi connectivity index (χ0) is 11.8. The number of phenolic OH excluding ortho intramolecular Hbond substituents is 1. The number of rotatable bonds is 2. The van der Waals surface area contributed by atoms with E-state index in [9.17, 15) is 0 Å². The van der Waals surface area contributed by atoms with Crippen LogP contribution in [0.15, 0.2) is 29.8 Å². The number of allylic oxidation sites excluding steroid dienone is 1. The second-order valence-electron chi connectivity index (χ2n) is 3.08. The molecule has 0 aliphatic heterocycles. The van der Waals surface area contributed by atoms with E-state index in [2.05, 4.69) is 20.1 Å². The maximum atomic E-state index is 9.13. The highest BCUT2D eigenvalue weighted by Gasteiger charge is 2.01. The van der Waals surface area contributed by atoms with Gasteiger partial charge in [-0.1, -0.05) is 31.6 Å². The molecule has 0 atom stereocenters. The molecule has 1 N–H and O–H groups in total. The van der Waals surface area contributed by atoms with E-state index in [0.29, 0.717) is 5.75 Å². The van der Waals surface area contributed by atoms with Gasteiger partial charge in [-0.25, -0.2) is 0 Å². The van der Waals surface area contributed by atoms with Crippen molar-refractivity contribution >= 4 is 16.7 Å². The Balaban J connectivity index is 0.000000921. The lowest BCUT2D eigenvalue weighted by Gasteiger charge is -2.06. The Morgan fingerprint density at radius 2 is 1.53 bits per heavy atom. The molecule has 0 spiro atoms. The summed E-state index contributed by atoms with van der Waals surface area (Å²) >= 11 is 1.73. The Labute approximate surface area is 97.2 Å². The highest BCUT2D eigenvalue weighted by molar-refractivity contribution is 8.07. The lowest BCUT2D eigenvalue weighted by molar-refractivity contribution is 0.475. The maximum Gasteiger partial charge on any atom is 0.115 e. The zero-order valence-corrected chi connectivity index (χ0v) is 11.0. The minimum Gasteiger partial charge on any atom is -0.508 e. The molecule has 0 heterocycles. The van der Waals surface area contributed by atoms with Crippen LogP contribution >= 0.6 is 11.8 Å². The smallest absolute Gasteiger partial charge is 0.115 e. The van der Waals surface area contributed by atoms with Gasteiger partial charge in [0.05, 0.1) is 0 Å². The van der Waals surface area contributed by atoms with E-state index >= 15 is 0 Å². The van der Waals surface area contributed by atoms with Crippen LogP contribution in [0.5, 0.6) is 5.75 Å². The molecule has 1 nitrogen and oxygen atoms in total. The van der Waals surface area contributed by atoms with Gasteiger partial charge in [0.25, 0.3) is 0 Å². The quantitative estimate of drug-likeness (QED) is 0.796. The summed E-state index contributed by atoms with van der Waals surface area (Å²) in [6.45, 7) is 8.19. The maximum absolute atomic E-state index is 9.13. The van der Waals surface area contributed by atoms with Gasteiger partial charge in [0.15, 0.2) is 0 Å². The van der Waals surface area contributed by atoms with Crippen LogP contribution in [0, 0.1) is 0 Å². The van der Waals surface area contributed by atoms with E-state index in [-0.39, 0.29) is 0 Å². The molecule has 1 rings (SSSR count). The molecular formula is C13H20OS. The summed E-state index contributed by atoms with van der Waals surface area (Å²) in [6.07, 6.45) is 2.06. The van der Waals surface area contributed by atoms with Gasteiger partial charge in [-0.15, -0.1) is 11.8 Å². The van der Waals surface area contributed by atoms with E-state index in [1.54, 1.807) is 23.9 Å². The van der Waals surface area contributed by atoms with Crippen molar-refractivity contribution in [3.63, 3.8) is 0 Å². The molecule has 0 aliphatic carbocycles. The zero-order valence-electron chi connectivity index (χ0n) is 10.2.